The number of carbonyl (C=O) groups is 1. The highest BCUT2D eigenvalue weighted by Gasteiger charge is 2.16. The van der Waals surface area contributed by atoms with Crippen molar-refractivity contribution in [3.8, 4) is 0 Å². The highest BCUT2D eigenvalue weighted by Crippen LogP contribution is 2.14. The maximum absolute atomic E-state index is 12.7. The van der Waals surface area contributed by atoms with E-state index in [-0.39, 0.29) is 17.2 Å². The van der Waals surface area contributed by atoms with Gasteiger partial charge < -0.3 is 5.32 Å². The van der Waals surface area contributed by atoms with Crippen LogP contribution in [0.25, 0.3) is 10.8 Å². The number of carbonyl (C=O) groups excluding carboxylic acids is 1. The molecular formula is C19H18ClN3O2. The molecule has 1 aromatic heterocycles. The van der Waals surface area contributed by atoms with Gasteiger partial charge in [0.05, 0.1) is 5.39 Å². The van der Waals surface area contributed by atoms with Crippen LogP contribution >= 0.6 is 11.6 Å². The molecule has 0 unspecified atom stereocenters. The van der Waals surface area contributed by atoms with Crippen LogP contribution in [0.2, 0.25) is 5.02 Å². The Morgan fingerprint density at radius 3 is 2.48 bits per heavy atom. The highest BCUT2D eigenvalue weighted by molar-refractivity contribution is 6.30. The number of nitrogens with zero attached hydrogens (tertiary/aromatic N) is 2. The van der Waals surface area contributed by atoms with Crippen LogP contribution in [0.4, 0.5) is 0 Å². The van der Waals surface area contributed by atoms with Crippen LogP contribution in [0.5, 0.6) is 0 Å². The van der Waals surface area contributed by atoms with Gasteiger partial charge in [-0.05, 0) is 30.2 Å². The van der Waals surface area contributed by atoms with Crippen molar-refractivity contribution in [3.63, 3.8) is 0 Å². The van der Waals surface area contributed by atoms with Gasteiger partial charge >= 0.3 is 0 Å². The summed E-state index contributed by atoms with van der Waals surface area (Å²) in [5.41, 5.74) is 1.02. The summed E-state index contributed by atoms with van der Waals surface area (Å²) in [6, 6.07) is 14.3. The zero-order valence-corrected chi connectivity index (χ0v) is 14.6. The molecule has 0 bridgehead atoms. The Morgan fingerprint density at radius 1 is 1.12 bits per heavy atom. The van der Waals surface area contributed by atoms with Crippen molar-refractivity contribution in [1.29, 1.82) is 0 Å². The van der Waals surface area contributed by atoms with Crippen LogP contribution in [0.15, 0.2) is 53.3 Å². The fraction of sp³-hybridized carbons (Fsp3) is 0.211. The minimum absolute atomic E-state index is 0.174. The summed E-state index contributed by atoms with van der Waals surface area (Å²) in [4.78, 5) is 25.1. The zero-order chi connectivity index (χ0) is 17.8. The lowest BCUT2D eigenvalue weighted by molar-refractivity contribution is 0.0945. The van der Waals surface area contributed by atoms with Gasteiger partial charge in [-0.1, -0.05) is 48.9 Å². The Labute approximate surface area is 150 Å². The molecule has 3 rings (SSSR count). The Bertz CT molecular complexity index is 965. The van der Waals surface area contributed by atoms with Crippen molar-refractivity contribution in [2.45, 2.75) is 26.4 Å². The van der Waals surface area contributed by atoms with Crippen molar-refractivity contribution in [2.75, 3.05) is 0 Å². The van der Waals surface area contributed by atoms with E-state index in [1.54, 1.807) is 36.4 Å². The topological polar surface area (TPSA) is 64.0 Å². The molecule has 128 valence electrons. The van der Waals surface area contributed by atoms with Gasteiger partial charge in [-0.25, -0.2) is 4.68 Å². The maximum Gasteiger partial charge on any atom is 0.274 e. The number of nitrogens with one attached hydrogen (secondary N) is 1. The lowest BCUT2D eigenvalue weighted by atomic mass is 10.1. The number of aromatic nitrogens is 2. The zero-order valence-electron chi connectivity index (χ0n) is 13.8. The first-order valence-corrected chi connectivity index (χ1v) is 8.50. The van der Waals surface area contributed by atoms with E-state index < -0.39 is 0 Å². The average molecular weight is 356 g/mol. The van der Waals surface area contributed by atoms with Crippen LogP contribution in [-0.4, -0.2) is 15.7 Å². The molecule has 0 radical (unpaired) electrons. The van der Waals surface area contributed by atoms with Crippen LogP contribution in [-0.2, 0) is 13.1 Å². The van der Waals surface area contributed by atoms with Crippen molar-refractivity contribution in [1.82, 2.24) is 15.1 Å². The molecule has 0 aliphatic carbocycles. The van der Waals surface area contributed by atoms with E-state index in [1.165, 1.54) is 4.68 Å². The van der Waals surface area contributed by atoms with E-state index in [0.717, 1.165) is 12.0 Å². The molecule has 0 spiro atoms. The maximum atomic E-state index is 12.7. The molecule has 2 aromatic carbocycles. The number of aryl methyl sites for hydroxylation is 1. The van der Waals surface area contributed by atoms with Crippen molar-refractivity contribution < 1.29 is 4.79 Å². The SMILES string of the molecule is CCCn1nc(C(=O)NCc2ccc(Cl)cc2)c2ccccc2c1=O. The standard InChI is InChI=1S/C19H18ClN3O2/c1-2-11-23-19(25)16-6-4-3-5-15(16)17(22-23)18(24)21-12-13-7-9-14(20)10-8-13/h3-10H,2,11-12H2,1H3,(H,21,24). The Balaban J connectivity index is 1.93. The van der Waals surface area contributed by atoms with Crippen LogP contribution in [0.1, 0.15) is 29.4 Å². The molecule has 1 N–H and O–H groups in total. The van der Waals surface area contributed by atoms with Crippen molar-refractivity contribution >= 4 is 28.3 Å². The molecule has 5 nitrogen and oxygen atoms in total. The molecule has 0 atom stereocenters. The molecule has 1 heterocycles. The fourth-order valence-corrected chi connectivity index (χ4v) is 2.76. The number of fused-ring (bicyclic) bond motifs is 1. The second kappa shape index (κ2) is 7.49. The number of benzene rings is 2. The smallest absolute Gasteiger partial charge is 0.274 e. The summed E-state index contributed by atoms with van der Waals surface area (Å²) in [6.45, 7) is 2.80. The third-order valence-electron chi connectivity index (χ3n) is 3.88. The molecule has 0 saturated heterocycles. The van der Waals surface area contributed by atoms with Gasteiger partial charge in [0, 0.05) is 23.5 Å². The second-order valence-electron chi connectivity index (χ2n) is 5.73. The predicted molar refractivity (Wildman–Crippen MR) is 98.9 cm³/mol. The summed E-state index contributed by atoms with van der Waals surface area (Å²) in [5, 5.41) is 8.86. The first-order chi connectivity index (χ1) is 12.1. The third kappa shape index (κ3) is 3.72. The van der Waals surface area contributed by atoms with E-state index in [0.29, 0.717) is 28.9 Å². The molecule has 0 aliphatic heterocycles. The molecule has 25 heavy (non-hydrogen) atoms. The minimum Gasteiger partial charge on any atom is -0.347 e. The number of halogens is 1. The van der Waals surface area contributed by atoms with Crippen LogP contribution in [0.3, 0.4) is 0 Å². The first kappa shape index (κ1) is 17.2. The summed E-state index contributed by atoms with van der Waals surface area (Å²) >= 11 is 5.87. The predicted octanol–water partition coefficient (Wildman–Crippen LogP) is 3.39. The third-order valence-corrected chi connectivity index (χ3v) is 4.14. The van der Waals surface area contributed by atoms with Crippen LogP contribution in [0, 0.1) is 0 Å². The van der Waals surface area contributed by atoms with E-state index in [9.17, 15) is 9.59 Å². The van der Waals surface area contributed by atoms with E-state index in [1.807, 2.05) is 19.1 Å². The summed E-state index contributed by atoms with van der Waals surface area (Å²) in [5.74, 6) is -0.309. The fourth-order valence-electron chi connectivity index (χ4n) is 2.63. The van der Waals surface area contributed by atoms with Gasteiger partial charge in [-0.2, -0.15) is 5.10 Å². The van der Waals surface area contributed by atoms with E-state index >= 15 is 0 Å². The number of hydrogen-bond acceptors (Lipinski definition) is 3. The highest BCUT2D eigenvalue weighted by atomic mass is 35.5. The number of rotatable bonds is 5. The van der Waals surface area contributed by atoms with Gasteiger partial charge in [0.15, 0.2) is 5.69 Å². The van der Waals surface area contributed by atoms with Gasteiger partial charge in [0.25, 0.3) is 11.5 Å². The molecule has 1 amide bonds. The van der Waals surface area contributed by atoms with Gasteiger partial charge in [-0.3, -0.25) is 9.59 Å². The monoisotopic (exact) mass is 355 g/mol. The normalized spacial score (nSPS) is 10.8. The van der Waals surface area contributed by atoms with Crippen LogP contribution < -0.4 is 10.9 Å². The lowest BCUT2D eigenvalue weighted by Crippen LogP contribution is -2.30. The number of hydrogen-bond donors (Lipinski definition) is 1. The number of amides is 1. The Morgan fingerprint density at radius 2 is 1.80 bits per heavy atom. The summed E-state index contributed by atoms with van der Waals surface area (Å²) < 4.78 is 1.36. The van der Waals surface area contributed by atoms with Gasteiger partial charge in [-0.15, -0.1) is 0 Å². The summed E-state index contributed by atoms with van der Waals surface area (Å²) in [7, 11) is 0. The van der Waals surface area contributed by atoms with Crippen molar-refractivity contribution in [2.24, 2.45) is 0 Å². The summed E-state index contributed by atoms with van der Waals surface area (Å²) in [6.07, 6.45) is 0.761. The lowest BCUT2D eigenvalue weighted by Gasteiger charge is -2.11. The Hall–Kier alpha value is -2.66. The second-order valence-corrected chi connectivity index (χ2v) is 6.17. The minimum atomic E-state index is -0.309. The van der Waals surface area contributed by atoms with E-state index in [4.69, 9.17) is 11.6 Å². The largest absolute Gasteiger partial charge is 0.347 e. The molecule has 6 heteroatoms. The first-order valence-electron chi connectivity index (χ1n) is 8.12. The van der Waals surface area contributed by atoms with E-state index in [2.05, 4.69) is 10.4 Å². The molecule has 3 aromatic rings. The Kier molecular flexibility index (Phi) is 5.14. The van der Waals surface area contributed by atoms with Gasteiger partial charge in [0.2, 0.25) is 0 Å². The molecule has 0 aliphatic rings. The molecule has 0 fully saturated rings. The molecule has 0 saturated carbocycles. The van der Waals surface area contributed by atoms with Crippen molar-refractivity contribution in [3.05, 3.63) is 75.2 Å². The van der Waals surface area contributed by atoms with Gasteiger partial charge in [0.1, 0.15) is 0 Å². The molecular weight excluding hydrogens is 338 g/mol. The average Bonchev–Trinajstić information content (AvgIpc) is 2.63. The quantitative estimate of drug-likeness (QED) is 0.763.